The number of ether oxygens (including phenoxy) is 1. The topological polar surface area (TPSA) is 50.4 Å². The van der Waals surface area contributed by atoms with Gasteiger partial charge in [-0.3, -0.25) is 4.79 Å². The van der Waals surface area contributed by atoms with E-state index in [1.54, 1.807) is 0 Å². The van der Waals surface area contributed by atoms with Crippen molar-refractivity contribution in [3.63, 3.8) is 0 Å². The lowest BCUT2D eigenvalue weighted by Crippen LogP contribution is -2.39. The molecule has 2 aliphatic heterocycles. The average Bonchev–Trinajstić information content (AvgIpc) is 3.00. The second kappa shape index (κ2) is 7.92. The fourth-order valence-electron chi connectivity index (χ4n) is 4.23. The Morgan fingerprint density at radius 1 is 1.00 bits per heavy atom. The molecule has 2 atom stereocenters. The molecule has 26 heavy (non-hydrogen) atoms. The molecule has 2 aliphatic rings. The minimum atomic E-state index is 0.144. The highest BCUT2D eigenvalue weighted by Crippen LogP contribution is 2.32. The number of carbonyl (C=O) groups is 1. The van der Waals surface area contributed by atoms with Crippen molar-refractivity contribution in [2.75, 3.05) is 0 Å². The number of rotatable bonds is 6. The summed E-state index contributed by atoms with van der Waals surface area (Å²) in [5, 5.41) is 6.72. The second-order valence-electron chi connectivity index (χ2n) is 7.48. The monoisotopic (exact) mass is 350 g/mol. The largest absolute Gasteiger partial charge is 0.457 e. The van der Waals surface area contributed by atoms with Gasteiger partial charge in [-0.15, -0.1) is 0 Å². The third kappa shape index (κ3) is 4.25. The van der Waals surface area contributed by atoms with Crippen molar-refractivity contribution in [3.8, 4) is 11.5 Å². The molecule has 4 heteroatoms. The quantitative estimate of drug-likeness (QED) is 0.827. The van der Waals surface area contributed by atoms with E-state index in [4.69, 9.17) is 4.74 Å². The van der Waals surface area contributed by atoms with E-state index in [0.29, 0.717) is 31.0 Å². The molecule has 136 valence electrons. The molecule has 1 amide bonds. The second-order valence-corrected chi connectivity index (χ2v) is 7.48. The van der Waals surface area contributed by atoms with Crippen LogP contribution < -0.4 is 15.4 Å². The number of piperidine rings is 1. The fourth-order valence-corrected chi connectivity index (χ4v) is 4.23. The summed E-state index contributed by atoms with van der Waals surface area (Å²) < 4.78 is 5.97. The maximum absolute atomic E-state index is 12.4. The van der Waals surface area contributed by atoms with Gasteiger partial charge in [0.25, 0.3) is 0 Å². The van der Waals surface area contributed by atoms with E-state index in [1.807, 2.05) is 54.6 Å². The fraction of sp³-hybridized carbons (Fsp3) is 0.409. The van der Waals surface area contributed by atoms with E-state index in [0.717, 1.165) is 29.9 Å². The van der Waals surface area contributed by atoms with Gasteiger partial charge in [-0.1, -0.05) is 36.4 Å². The highest BCUT2D eigenvalue weighted by molar-refractivity contribution is 5.76. The van der Waals surface area contributed by atoms with Gasteiger partial charge in [0.05, 0.1) is 0 Å². The van der Waals surface area contributed by atoms with Crippen LogP contribution in [0.15, 0.2) is 54.6 Å². The lowest BCUT2D eigenvalue weighted by molar-refractivity contribution is -0.122. The Balaban J connectivity index is 1.32. The highest BCUT2D eigenvalue weighted by Gasteiger charge is 2.34. The van der Waals surface area contributed by atoms with E-state index >= 15 is 0 Å². The highest BCUT2D eigenvalue weighted by atomic mass is 16.5. The Bertz CT molecular complexity index is 735. The summed E-state index contributed by atoms with van der Waals surface area (Å²) in [6.45, 7) is 0.500. The molecule has 0 aromatic heterocycles. The van der Waals surface area contributed by atoms with Gasteiger partial charge in [-0.05, 0) is 49.8 Å². The first kappa shape index (κ1) is 17.1. The normalized spacial score (nSPS) is 24.2. The summed E-state index contributed by atoms with van der Waals surface area (Å²) in [6.07, 6.45) is 5.45. The average molecular weight is 350 g/mol. The van der Waals surface area contributed by atoms with Crippen molar-refractivity contribution in [1.82, 2.24) is 10.6 Å². The van der Waals surface area contributed by atoms with Crippen LogP contribution in [0.5, 0.6) is 11.5 Å². The molecule has 0 aliphatic carbocycles. The molecule has 2 aromatic rings. The zero-order valence-electron chi connectivity index (χ0n) is 15.0. The maximum Gasteiger partial charge on any atom is 0.220 e. The van der Waals surface area contributed by atoms with Crippen molar-refractivity contribution in [3.05, 3.63) is 60.2 Å². The Morgan fingerprint density at radius 3 is 2.46 bits per heavy atom. The molecule has 2 saturated heterocycles. The summed E-state index contributed by atoms with van der Waals surface area (Å²) in [5.41, 5.74) is 0.995. The zero-order valence-corrected chi connectivity index (χ0v) is 15.0. The molecule has 4 rings (SSSR count). The van der Waals surface area contributed by atoms with Crippen LogP contribution in [0.2, 0.25) is 0 Å². The van der Waals surface area contributed by atoms with Gasteiger partial charge in [0, 0.05) is 30.6 Å². The molecule has 2 N–H and O–H groups in total. The Labute approximate surface area is 155 Å². The van der Waals surface area contributed by atoms with Crippen LogP contribution in [-0.2, 0) is 11.3 Å². The lowest BCUT2D eigenvalue weighted by atomic mass is 9.89. The van der Waals surface area contributed by atoms with Crippen LogP contribution in [0, 0.1) is 5.92 Å². The molecule has 0 spiro atoms. The van der Waals surface area contributed by atoms with Gasteiger partial charge in [0.1, 0.15) is 11.5 Å². The predicted molar refractivity (Wildman–Crippen MR) is 102 cm³/mol. The number of para-hydroxylation sites is 2. The van der Waals surface area contributed by atoms with Gasteiger partial charge in [0.15, 0.2) is 0 Å². The summed E-state index contributed by atoms with van der Waals surface area (Å²) in [5.74, 6) is 2.26. The van der Waals surface area contributed by atoms with Crippen molar-refractivity contribution >= 4 is 5.91 Å². The van der Waals surface area contributed by atoms with Crippen LogP contribution in [0.3, 0.4) is 0 Å². The van der Waals surface area contributed by atoms with Crippen LogP contribution in [0.1, 0.15) is 37.7 Å². The number of benzene rings is 2. The molecule has 0 radical (unpaired) electrons. The maximum atomic E-state index is 12.4. The van der Waals surface area contributed by atoms with Crippen LogP contribution in [-0.4, -0.2) is 18.0 Å². The molecule has 2 aromatic carbocycles. The number of fused-ring (bicyclic) bond motifs is 2. The van der Waals surface area contributed by atoms with Gasteiger partial charge in [-0.2, -0.15) is 0 Å². The molecular weight excluding hydrogens is 324 g/mol. The first-order chi connectivity index (χ1) is 12.8. The minimum Gasteiger partial charge on any atom is -0.457 e. The smallest absolute Gasteiger partial charge is 0.220 e. The molecule has 2 heterocycles. The Hall–Kier alpha value is -2.33. The molecule has 4 nitrogen and oxygen atoms in total. The van der Waals surface area contributed by atoms with E-state index in [-0.39, 0.29) is 5.91 Å². The number of hydrogen-bond donors (Lipinski definition) is 2. The number of nitrogens with one attached hydrogen (secondary N) is 2. The molecular formula is C22H26N2O2. The summed E-state index contributed by atoms with van der Waals surface area (Å²) >= 11 is 0. The number of amides is 1. The van der Waals surface area contributed by atoms with Gasteiger partial charge >= 0.3 is 0 Å². The predicted octanol–water partition coefficient (Wildman–Crippen LogP) is 4.02. The van der Waals surface area contributed by atoms with E-state index in [2.05, 4.69) is 10.6 Å². The van der Waals surface area contributed by atoms with Crippen molar-refractivity contribution in [2.24, 2.45) is 5.92 Å². The van der Waals surface area contributed by atoms with Crippen LogP contribution >= 0.6 is 0 Å². The van der Waals surface area contributed by atoms with Gasteiger partial charge in [0.2, 0.25) is 5.91 Å². The number of carbonyl (C=O) groups excluding carboxylic acids is 1. The van der Waals surface area contributed by atoms with Crippen LogP contribution in [0.25, 0.3) is 0 Å². The van der Waals surface area contributed by atoms with Crippen molar-refractivity contribution in [2.45, 2.75) is 50.7 Å². The molecule has 2 fully saturated rings. The van der Waals surface area contributed by atoms with Crippen molar-refractivity contribution < 1.29 is 9.53 Å². The molecule has 2 unspecified atom stereocenters. The molecule has 0 saturated carbocycles. The minimum absolute atomic E-state index is 0.144. The van der Waals surface area contributed by atoms with Crippen molar-refractivity contribution in [1.29, 1.82) is 0 Å². The number of hydrogen-bond acceptors (Lipinski definition) is 3. The first-order valence-electron chi connectivity index (χ1n) is 9.60. The Kier molecular flexibility index (Phi) is 5.21. The SMILES string of the molecule is O=C(CC1CC2CCC(C1)N2)NCc1ccccc1Oc1ccccc1. The third-order valence-electron chi connectivity index (χ3n) is 5.46. The standard InChI is InChI=1S/C22H26N2O2/c25-22(14-16-12-18-10-11-19(13-16)24-18)23-15-17-6-4-5-9-21(17)26-20-7-2-1-3-8-20/h1-9,16,18-19,24H,10-15H2,(H,23,25). The summed E-state index contributed by atoms with van der Waals surface area (Å²) in [6, 6.07) is 18.9. The van der Waals surface area contributed by atoms with Crippen LogP contribution in [0.4, 0.5) is 0 Å². The first-order valence-corrected chi connectivity index (χ1v) is 9.60. The third-order valence-corrected chi connectivity index (χ3v) is 5.46. The van der Waals surface area contributed by atoms with Gasteiger partial charge < -0.3 is 15.4 Å². The molecule has 2 bridgehead atoms. The zero-order chi connectivity index (χ0) is 17.8. The van der Waals surface area contributed by atoms with Gasteiger partial charge in [-0.25, -0.2) is 0 Å². The summed E-state index contributed by atoms with van der Waals surface area (Å²) in [4.78, 5) is 12.4. The Morgan fingerprint density at radius 2 is 1.69 bits per heavy atom. The summed E-state index contributed by atoms with van der Waals surface area (Å²) in [7, 11) is 0. The van der Waals surface area contributed by atoms with E-state index in [1.165, 1.54) is 12.8 Å². The lowest BCUT2D eigenvalue weighted by Gasteiger charge is -2.28. The van der Waals surface area contributed by atoms with E-state index < -0.39 is 0 Å². The van der Waals surface area contributed by atoms with E-state index in [9.17, 15) is 4.79 Å².